The van der Waals surface area contributed by atoms with E-state index in [1.54, 1.807) is 4.57 Å². The lowest BCUT2D eigenvalue weighted by Crippen LogP contribution is -2.35. The Hall–Kier alpha value is -2.08. The highest BCUT2D eigenvalue weighted by molar-refractivity contribution is 7.09. The molecule has 1 amide bonds. The van der Waals surface area contributed by atoms with Crippen molar-refractivity contribution in [2.45, 2.75) is 45.7 Å². The summed E-state index contributed by atoms with van der Waals surface area (Å²) in [4.78, 5) is 25.2. The molecule has 5 nitrogen and oxygen atoms in total. The number of rotatable bonds is 3. The van der Waals surface area contributed by atoms with Gasteiger partial charge in [-0.3, -0.25) is 14.2 Å². The third kappa shape index (κ3) is 3.17. The van der Waals surface area contributed by atoms with Gasteiger partial charge in [0.1, 0.15) is 6.54 Å². The Bertz CT molecular complexity index is 807. The van der Waals surface area contributed by atoms with Crippen LogP contribution in [0.25, 0.3) is 0 Å². The van der Waals surface area contributed by atoms with Crippen LogP contribution >= 0.6 is 11.3 Å². The van der Waals surface area contributed by atoms with Crippen LogP contribution in [0.2, 0.25) is 0 Å². The van der Waals surface area contributed by atoms with Gasteiger partial charge in [-0.15, -0.1) is 0 Å². The number of hydrogen-bond donors (Lipinski definition) is 2. The molecule has 122 valence electrons. The molecule has 23 heavy (non-hydrogen) atoms. The Morgan fingerprint density at radius 2 is 2.22 bits per heavy atom. The number of benzene rings is 1. The number of hydrogen-bond acceptors (Lipinski definition) is 4. The molecule has 0 spiro atoms. The van der Waals surface area contributed by atoms with Crippen molar-refractivity contribution in [3.05, 3.63) is 49.6 Å². The molecule has 1 heterocycles. The van der Waals surface area contributed by atoms with Crippen LogP contribution in [0, 0.1) is 13.8 Å². The quantitative estimate of drug-likeness (QED) is 0.847. The van der Waals surface area contributed by atoms with Crippen molar-refractivity contribution >= 4 is 22.9 Å². The Morgan fingerprint density at radius 1 is 1.43 bits per heavy atom. The zero-order valence-corrected chi connectivity index (χ0v) is 14.2. The minimum absolute atomic E-state index is 0.00240. The van der Waals surface area contributed by atoms with Gasteiger partial charge in [0.15, 0.2) is 0 Å². The largest absolute Gasteiger partial charge is 0.399 e. The number of carbonyl (C=O) groups excluding carboxylic acids is 1. The first kappa shape index (κ1) is 15.8. The lowest BCUT2D eigenvalue weighted by atomic mass is 9.87. The van der Waals surface area contributed by atoms with Crippen molar-refractivity contribution in [2.24, 2.45) is 0 Å². The van der Waals surface area contributed by atoms with Crippen LogP contribution in [0.5, 0.6) is 0 Å². The van der Waals surface area contributed by atoms with Crippen LogP contribution < -0.4 is 15.9 Å². The van der Waals surface area contributed by atoms with Crippen LogP contribution in [0.4, 0.5) is 5.69 Å². The molecule has 0 saturated heterocycles. The van der Waals surface area contributed by atoms with Crippen molar-refractivity contribution in [1.82, 2.24) is 9.88 Å². The predicted molar refractivity (Wildman–Crippen MR) is 92.7 cm³/mol. The first-order valence-electron chi connectivity index (χ1n) is 7.80. The molecule has 0 fully saturated rings. The number of fused-ring (bicyclic) bond motifs is 1. The smallest absolute Gasteiger partial charge is 0.308 e. The number of amides is 1. The molecule has 1 aromatic carbocycles. The van der Waals surface area contributed by atoms with E-state index in [0.717, 1.165) is 41.1 Å². The van der Waals surface area contributed by atoms with Crippen molar-refractivity contribution < 1.29 is 4.79 Å². The zero-order chi connectivity index (χ0) is 16.6. The highest BCUT2D eigenvalue weighted by atomic mass is 32.1. The van der Waals surface area contributed by atoms with Gasteiger partial charge in [0.2, 0.25) is 5.91 Å². The fraction of sp³-hybridized carbons (Fsp3) is 0.412. The average molecular weight is 331 g/mol. The van der Waals surface area contributed by atoms with Gasteiger partial charge >= 0.3 is 4.87 Å². The first-order valence-corrected chi connectivity index (χ1v) is 8.62. The van der Waals surface area contributed by atoms with Gasteiger partial charge in [-0.2, -0.15) is 0 Å². The summed E-state index contributed by atoms with van der Waals surface area (Å²) in [6.45, 7) is 3.85. The van der Waals surface area contributed by atoms with Gasteiger partial charge in [-0.25, -0.2) is 0 Å². The summed E-state index contributed by atoms with van der Waals surface area (Å²) in [7, 11) is 0. The Labute approximate surface area is 139 Å². The summed E-state index contributed by atoms with van der Waals surface area (Å²) in [6, 6.07) is 5.87. The number of nitrogens with two attached hydrogens (primary N) is 1. The minimum Gasteiger partial charge on any atom is -0.399 e. The second kappa shape index (κ2) is 6.20. The summed E-state index contributed by atoms with van der Waals surface area (Å²) >= 11 is 1.19. The number of nitrogen functional groups attached to an aromatic ring is 1. The number of aromatic nitrogens is 1. The highest BCUT2D eigenvalue weighted by Crippen LogP contribution is 2.30. The van der Waals surface area contributed by atoms with Crippen molar-refractivity contribution in [1.29, 1.82) is 0 Å². The van der Waals surface area contributed by atoms with E-state index in [0.29, 0.717) is 0 Å². The van der Waals surface area contributed by atoms with E-state index >= 15 is 0 Å². The Balaban J connectivity index is 1.76. The minimum atomic E-state index is -0.123. The van der Waals surface area contributed by atoms with Gasteiger partial charge in [0.25, 0.3) is 0 Å². The third-order valence-corrected chi connectivity index (χ3v) is 5.49. The highest BCUT2D eigenvalue weighted by Gasteiger charge is 2.22. The summed E-state index contributed by atoms with van der Waals surface area (Å²) in [6.07, 6.45) is 2.94. The Morgan fingerprint density at radius 3 is 2.91 bits per heavy atom. The monoisotopic (exact) mass is 331 g/mol. The maximum absolute atomic E-state index is 12.4. The summed E-state index contributed by atoms with van der Waals surface area (Å²) in [5.41, 5.74) is 9.82. The summed E-state index contributed by atoms with van der Waals surface area (Å²) in [5, 5.41) is 3.07. The van der Waals surface area contributed by atoms with Crippen molar-refractivity contribution in [2.75, 3.05) is 5.73 Å². The third-order valence-electron chi connectivity index (χ3n) is 4.49. The fourth-order valence-corrected chi connectivity index (χ4v) is 3.97. The fourth-order valence-electron chi connectivity index (χ4n) is 3.14. The van der Waals surface area contributed by atoms with E-state index < -0.39 is 0 Å². The molecule has 1 aliphatic carbocycles. The van der Waals surface area contributed by atoms with Crippen molar-refractivity contribution in [3.63, 3.8) is 0 Å². The zero-order valence-electron chi connectivity index (χ0n) is 13.4. The van der Waals surface area contributed by atoms with E-state index in [4.69, 9.17) is 5.73 Å². The maximum Gasteiger partial charge on any atom is 0.308 e. The van der Waals surface area contributed by atoms with Gasteiger partial charge in [-0.05, 0) is 56.4 Å². The molecule has 1 aliphatic rings. The standard InChI is InChI=1S/C17H21N3O2S/c1-10-11(2)23-17(22)20(10)9-16(21)19-15-5-3-4-12-8-13(18)6-7-14(12)15/h6-8,15H,3-5,9,18H2,1-2H3,(H,19,21). The number of nitrogens with one attached hydrogen (secondary N) is 1. The number of thiazole rings is 1. The molecule has 1 unspecified atom stereocenters. The molecule has 3 rings (SSSR count). The second-order valence-corrected chi connectivity index (χ2v) is 7.23. The van der Waals surface area contributed by atoms with E-state index in [1.165, 1.54) is 16.9 Å². The molecule has 1 atom stereocenters. The number of anilines is 1. The molecular weight excluding hydrogens is 310 g/mol. The van der Waals surface area contributed by atoms with Crippen LogP contribution in [0.3, 0.4) is 0 Å². The van der Waals surface area contributed by atoms with Gasteiger partial charge < -0.3 is 11.1 Å². The number of aryl methyl sites for hydroxylation is 2. The lowest BCUT2D eigenvalue weighted by Gasteiger charge is -2.26. The topological polar surface area (TPSA) is 77.1 Å². The van der Waals surface area contributed by atoms with Gasteiger partial charge in [-0.1, -0.05) is 17.4 Å². The van der Waals surface area contributed by atoms with E-state index in [9.17, 15) is 9.59 Å². The van der Waals surface area contributed by atoms with E-state index in [2.05, 4.69) is 5.32 Å². The lowest BCUT2D eigenvalue weighted by molar-refractivity contribution is -0.122. The van der Waals surface area contributed by atoms with Gasteiger partial charge in [0.05, 0.1) is 6.04 Å². The van der Waals surface area contributed by atoms with Crippen LogP contribution in [0.1, 0.15) is 40.6 Å². The molecule has 0 radical (unpaired) electrons. The summed E-state index contributed by atoms with van der Waals surface area (Å²) in [5.74, 6) is -0.123. The first-order chi connectivity index (χ1) is 11.0. The number of nitrogens with zero attached hydrogens (tertiary/aromatic N) is 1. The molecule has 0 aliphatic heterocycles. The van der Waals surface area contributed by atoms with E-state index in [1.807, 2.05) is 32.0 Å². The molecule has 2 aromatic rings. The van der Waals surface area contributed by atoms with Crippen LogP contribution in [-0.4, -0.2) is 10.5 Å². The predicted octanol–water partition coefficient (Wildman–Crippen LogP) is 2.30. The molecule has 1 aromatic heterocycles. The second-order valence-electron chi connectivity index (χ2n) is 6.07. The molecular formula is C17H21N3O2S. The van der Waals surface area contributed by atoms with Crippen molar-refractivity contribution in [3.8, 4) is 0 Å². The summed E-state index contributed by atoms with van der Waals surface area (Å²) < 4.78 is 1.54. The molecule has 6 heteroatoms. The maximum atomic E-state index is 12.4. The van der Waals surface area contributed by atoms with Crippen LogP contribution in [-0.2, 0) is 17.8 Å². The van der Waals surface area contributed by atoms with Crippen LogP contribution in [0.15, 0.2) is 23.0 Å². The normalized spacial score (nSPS) is 16.9. The number of carbonyl (C=O) groups is 1. The molecule has 0 saturated carbocycles. The Kier molecular flexibility index (Phi) is 4.26. The molecule has 3 N–H and O–H groups in total. The van der Waals surface area contributed by atoms with Gasteiger partial charge in [0, 0.05) is 16.3 Å². The SMILES string of the molecule is Cc1sc(=O)n(CC(=O)NC2CCCc3cc(N)ccc32)c1C. The van der Waals surface area contributed by atoms with E-state index in [-0.39, 0.29) is 23.4 Å². The average Bonchev–Trinajstić information content (AvgIpc) is 2.73. The molecule has 0 bridgehead atoms.